The number of rotatable bonds is 6. The van der Waals surface area contributed by atoms with E-state index in [-0.39, 0.29) is 0 Å². The lowest BCUT2D eigenvalue weighted by molar-refractivity contribution is -0.144. The number of halogens is 1. The molecule has 0 spiro atoms. The van der Waals surface area contributed by atoms with Crippen LogP contribution in [0.25, 0.3) is 0 Å². The molecule has 0 bridgehead atoms. The fraction of sp³-hybridized carbons (Fsp3) is 0.500. The van der Waals surface area contributed by atoms with Gasteiger partial charge in [0, 0.05) is 4.47 Å². The van der Waals surface area contributed by atoms with Gasteiger partial charge in [-0.05, 0) is 30.5 Å². The molecule has 2 nitrogen and oxygen atoms in total. The quantitative estimate of drug-likeness (QED) is 0.846. The van der Waals surface area contributed by atoms with E-state index in [1.165, 1.54) is 0 Å². The van der Waals surface area contributed by atoms with Gasteiger partial charge in [0.15, 0.2) is 0 Å². The van der Waals surface area contributed by atoms with Crippen molar-refractivity contribution in [3.8, 4) is 0 Å². The summed E-state index contributed by atoms with van der Waals surface area (Å²) in [6.07, 6.45) is 3.14. The van der Waals surface area contributed by atoms with Gasteiger partial charge >= 0.3 is 5.97 Å². The minimum atomic E-state index is -0.718. The Kier molecular flexibility index (Phi) is 5.19. The summed E-state index contributed by atoms with van der Waals surface area (Å²) in [5, 5.41) is 9.60. The molecule has 0 heterocycles. The standard InChI is InChI=1S/C14H19BrO2/c1-3-9-14(10-4-2,13(16)17)11-5-7-12(15)8-6-11/h5-8H,3-4,9-10H2,1-2H3,(H,16,17). The van der Waals surface area contributed by atoms with Crippen LogP contribution in [0.15, 0.2) is 28.7 Å². The fourth-order valence-corrected chi connectivity index (χ4v) is 2.64. The molecule has 0 aliphatic heterocycles. The Morgan fingerprint density at radius 1 is 1.18 bits per heavy atom. The summed E-state index contributed by atoms with van der Waals surface area (Å²) >= 11 is 3.38. The molecule has 0 radical (unpaired) electrons. The van der Waals surface area contributed by atoms with E-state index in [2.05, 4.69) is 15.9 Å². The second-order valence-corrected chi connectivity index (χ2v) is 5.31. The SMILES string of the molecule is CCCC(CCC)(C(=O)O)c1ccc(Br)cc1. The Morgan fingerprint density at radius 2 is 1.65 bits per heavy atom. The van der Waals surface area contributed by atoms with E-state index in [0.29, 0.717) is 12.8 Å². The molecular formula is C14H19BrO2. The van der Waals surface area contributed by atoms with Crippen LogP contribution in [0.4, 0.5) is 0 Å². The number of hydrogen-bond donors (Lipinski definition) is 1. The van der Waals surface area contributed by atoms with Crippen LogP contribution >= 0.6 is 15.9 Å². The zero-order valence-corrected chi connectivity index (χ0v) is 12.0. The first-order valence-corrected chi connectivity index (χ1v) is 6.85. The number of aliphatic carboxylic acids is 1. The molecule has 0 unspecified atom stereocenters. The number of carboxylic acids is 1. The largest absolute Gasteiger partial charge is 0.481 e. The van der Waals surface area contributed by atoms with Gasteiger partial charge in [0.1, 0.15) is 0 Å². The number of hydrogen-bond acceptors (Lipinski definition) is 1. The molecule has 0 aliphatic rings. The maximum absolute atomic E-state index is 11.7. The summed E-state index contributed by atoms with van der Waals surface area (Å²) in [5.41, 5.74) is 0.196. The number of carbonyl (C=O) groups is 1. The highest BCUT2D eigenvalue weighted by atomic mass is 79.9. The molecule has 0 aromatic heterocycles. The topological polar surface area (TPSA) is 37.3 Å². The molecule has 3 heteroatoms. The third-order valence-electron chi connectivity index (χ3n) is 3.16. The highest BCUT2D eigenvalue weighted by Gasteiger charge is 2.38. The zero-order valence-electron chi connectivity index (χ0n) is 10.4. The molecule has 17 heavy (non-hydrogen) atoms. The average molecular weight is 299 g/mol. The van der Waals surface area contributed by atoms with Crippen LogP contribution in [0, 0.1) is 0 Å². The lowest BCUT2D eigenvalue weighted by Crippen LogP contribution is -2.35. The molecule has 1 N–H and O–H groups in total. The van der Waals surface area contributed by atoms with Crippen molar-refractivity contribution >= 4 is 21.9 Å². The third kappa shape index (κ3) is 3.09. The van der Waals surface area contributed by atoms with E-state index in [4.69, 9.17) is 0 Å². The Bertz CT molecular complexity index is 364. The van der Waals surface area contributed by atoms with Gasteiger partial charge in [-0.2, -0.15) is 0 Å². The Balaban J connectivity index is 3.19. The molecule has 1 aromatic rings. The Labute approximate surface area is 111 Å². The van der Waals surface area contributed by atoms with Crippen LogP contribution in [0.5, 0.6) is 0 Å². The van der Waals surface area contributed by atoms with Crippen molar-refractivity contribution in [2.45, 2.75) is 44.9 Å². The van der Waals surface area contributed by atoms with Gasteiger partial charge in [-0.1, -0.05) is 54.8 Å². The first kappa shape index (κ1) is 14.2. The van der Waals surface area contributed by atoms with Crippen LogP contribution in [-0.2, 0) is 10.2 Å². The summed E-state index contributed by atoms with van der Waals surface area (Å²) in [5.74, 6) is -0.705. The molecule has 0 fully saturated rings. The van der Waals surface area contributed by atoms with Crippen molar-refractivity contribution in [1.29, 1.82) is 0 Å². The van der Waals surface area contributed by atoms with E-state index < -0.39 is 11.4 Å². The van der Waals surface area contributed by atoms with Gasteiger partial charge in [0.25, 0.3) is 0 Å². The molecule has 1 aromatic carbocycles. The smallest absolute Gasteiger partial charge is 0.314 e. The van der Waals surface area contributed by atoms with Crippen LogP contribution in [0.3, 0.4) is 0 Å². The minimum Gasteiger partial charge on any atom is -0.481 e. The van der Waals surface area contributed by atoms with Gasteiger partial charge < -0.3 is 5.11 Å². The first-order chi connectivity index (χ1) is 8.06. The van der Waals surface area contributed by atoms with Crippen molar-refractivity contribution in [2.75, 3.05) is 0 Å². The van der Waals surface area contributed by atoms with Gasteiger partial charge in [-0.3, -0.25) is 4.79 Å². The molecule has 0 aliphatic carbocycles. The molecule has 1 rings (SSSR count). The van der Waals surface area contributed by atoms with E-state index in [1.54, 1.807) is 0 Å². The summed E-state index contributed by atoms with van der Waals surface area (Å²) in [7, 11) is 0. The molecule has 0 atom stereocenters. The molecule has 0 saturated carbocycles. The monoisotopic (exact) mass is 298 g/mol. The summed E-state index contributed by atoms with van der Waals surface area (Å²) in [6, 6.07) is 7.67. The summed E-state index contributed by atoms with van der Waals surface area (Å²) in [6.45, 7) is 4.07. The fourth-order valence-electron chi connectivity index (χ4n) is 2.37. The van der Waals surface area contributed by atoms with Crippen LogP contribution in [0.1, 0.15) is 45.1 Å². The molecule has 0 amide bonds. The van der Waals surface area contributed by atoms with E-state index >= 15 is 0 Å². The summed E-state index contributed by atoms with van der Waals surface area (Å²) in [4.78, 5) is 11.7. The predicted molar refractivity (Wildman–Crippen MR) is 73.3 cm³/mol. The van der Waals surface area contributed by atoms with Crippen molar-refractivity contribution < 1.29 is 9.90 Å². The van der Waals surface area contributed by atoms with Gasteiger partial charge in [0.05, 0.1) is 5.41 Å². The highest BCUT2D eigenvalue weighted by molar-refractivity contribution is 9.10. The van der Waals surface area contributed by atoms with Crippen molar-refractivity contribution in [1.82, 2.24) is 0 Å². The second kappa shape index (κ2) is 6.20. The molecule has 0 saturated heterocycles. The normalized spacial score (nSPS) is 11.5. The predicted octanol–water partition coefficient (Wildman–Crippen LogP) is 4.37. The van der Waals surface area contributed by atoms with Gasteiger partial charge in [-0.15, -0.1) is 0 Å². The number of benzene rings is 1. The van der Waals surface area contributed by atoms with E-state index in [9.17, 15) is 9.90 Å². The third-order valence-corrected chi connectivity index (χ3v) is 3.69. The first-order valence-electron chi connectivity index (χ1n) is 6.06. The minimum absolute atomic E-state index is 0.692. The lowest BCUT2D eigenvalue weighted by atomic mass is 9.73. The number of carboxylic acid groups (broad SMARTS) is 1. The van der Waals surface area contributed by atoms with Crippen molar-refractivity contribution in [2.24, 2.45) is 0 Å². The van der Waals surface area contributed by atoms with Crippen LogP contribution < -0.4 is 0 Å². The van der Waals surface area contributed by atoms with Crippen molar-refractivity contribution in [3.05, 3.63) is 34.3 Å². The zero-order chi connectivity index (χ0) is 12.9. The maximum Gasteiger partial charge on any atom is 0.314 e. The van der Waals surface area contributed by atoms with E-state index in [0.717, 1.165) is 22.9 Å². The van der Waals surface area contributed by atoms with Crippen molar-refractivity contribution in [3.63, 3.8) is 0 Å². The average Bonchev–Trinajstić information content (AvgIpc) is 2.29. The maximum atomic E-state index is 11.7. The highest BCUT2D eigenvalue weighted by Crippen LogP contribution is 2.35. The summed E-state index contributed by atoms with van der Waals surface area (Å²) < 4.78 is 0.980. The lowest BCUT2D eigenvalue weighted by Gasteiger charge is -2.29. The molecule has 94 valence electrons. The van der Waals surface area contributed by atoms with Crippen LogP contribution in [0.2, 0.25) is 0 Å². The van der Waals surface area contributed by atoms with Crippen LogP contribution in [-0.4, -0.2) is 11.1 Å². The van der Waals surface area contributed by atoms with Gasteiger partial charge in [0.2, 0.25) is 0 Å². The molecular weight excluding hydrogens is 280 g/mol. The van der Waals surface area contributed by atoms with E-state index in [1.807, 2.05) is 38.1 Å². The van der Waals surface area contributed by atoms with Gasteiger partial charge in [-0.25, -0.2) is 0 Å². The second-order valence-electron chi connectivity index (χ2n) is 4.39. The Morgan fingerprint density at radius 3 is 2.00 bits per heavy atom. The Hall–Kier alpha value is -0.830.